The van der Waals surface area contributed by atoms with E-state index in [1.165, 1.54) is 10.6 Å². The Morgan fingerprint density at radius 2 is 1.46 bits per heavy atom. The van der Waals surface area contributed by atoms with Crippen LogP contribution >= 0.6 is 0 Å². The predicted octanol–water partition coefficient (Wildman–Crippen LogP) is 4.71. The number of nitrogens with one attached hydrogen (secondary N) is 1. The van der Waals surface area contributed by atoms with Crippen molar-refractivity contribution in [3.63, 3.8) is 0 Å². The summed E-state index contributed by atoms with van der Waals surface area (Å²) in [5, 5.41) is 2.98. The normalized spacial score (nSPS) is 12.0. The highest BCUT2D eigenvalue weighted by atomic mass is 32.2. The van der Waals surface area contributed by atoms with Crippen molar-refractivity contribution in [3.8, 4) is 0 Å². The van der Waals surface area contributed by atoms with E-state index in [-0.39, 0.29) is 31.3 Å². The van der Waals surface area contributed by atoms with Crippen LogP contribution in [0.1, 0.15) is 42.9 Å². The lowest BCUT2D eigenvalue weighted by Crippen LogP contribution is -2.50. The Labute approximate surface area is 232 Å². The number of hydrogen-bond donors (Lipinski definition) is 1. The molecule has 0 spiro atoms. The van der Waals surface area contributed by atoms with Crippen molar-refractivity contribution in [1.29, 1.82) is 0 Å². The van der Waals surface area contributed by atoms with E-state index in [4.69, 9.17) is 0 Å². The Kier molecular flexibility index (Phi) is 11.1. The van der Waals surface area contributed by atoms with Crippen LogP contribution in [0.3, 0.4) is 0 Å². The maximum atomic E-state index is 13.8. The molecule has 0 aliphatic heterocycles. The fourth-order valence-electron chi connectivity index (χ4n) is 4.53. The molecule has 0 aromatic heterocycles. The van der Waals surface area contributed by atoms with Crippen molar-refractivity contribution < 1.29 is 18.0 Å². The molecule has 208 valence electrons. The van der Waals surface area contributed by atoms with Gasteiger partial charge in [-0.1, -0.05) is 85.8 Å². The van der Waals surface area contributed by atoms with Crippen molar-refractivity contribution >= 4 is 27.5 Å². The summed E-state index contributed by atoms with van der Waals surface area (Å²) < 4.78 is 26.6. The van der Waals surface area contributed by atoms with Crippen molar-refractivity contribution in [2.24, 2.45) is 0 Å². The lowest BCUT2D eigenvalue weighted by molar-refractivity contribution is -0.141. The number of sulfonamides is 1. The molecular formula is C31H39N3O4S. The number of hydrogen-bond acceptors (Lipinski definition) is 4. The number of benzene rings is 3. The van der Waals surface area contributed by atoms with Gasteiger partial charge in [0, 0.05) is 32.5 Å². The molecule has 0 fully saturated rings. The lowest BCUT2D eigenvalue weighted by Gasteiger charge is -2.32. The summed E-state index contributed by atoms with van der Waals surface area (Å²) in [6.07, 6.45) is 2.78. The van der Waals surface area contributed by atoms with Crippen LogP contribution in [0, 0.1) is 6.92 Å². The second-order valence-electron chi connectivity index (χ2n) is 9.73. The van der Waals surface area contributed by atoms with Crippen LogP contribution in [0.25, 0.3) is 0 Å². The van der Waals surface area contributed by atoms with E-state index >= 15 is 0 Å². The number of para-hydroxylation sites is 1. The lowest BCUT2D eigenvalue weighted by atomic mass is 10.0. The van der Waals surface area contributed by atoms with Crippen LogP contribution in [0.5, 0.6) is 0 Å². The molecule has 3 rings (SSSR count). The topological polar surface area (TPSA) is 86.8 Å². The van der Waals surface area contributed by atoms with Crippen molar-refractivity contribution in [1.82, 2.24) is 10.2 Å². The van der Waals surface area contributed by atoms with Crippen LogP contribution in [0.4, 0.5) is 5.69 Å². The molecule has 1 unspecified atom stereocenters. The molecule has 1 N–H and O–H groups in total. The average Bonchev–Trinajstić information content (AvgIpc) is 2.92. The van der Waals surface area contributed by atoms with Gasteiger partial charge >= 0.3 is 0 Å². The van der Waals surface area contributed by atoms with Gasteiger partial charge in [-0.15, -0.1) is 0 Å². The summed E-state index contributed by atoms with van der Waals surface area (Å²) in [7, 11) is -3.54. The highest BCUT2D eigenvalue weighted by Crippen LogP contribution is 2.23. The summed E-state index contributed by atoms with van der Waals surface area (Å²) in [6.45, 7) is 4.83. The maximum absolute atomic E-state index is 13.8. The molecule has 0 radical (unpaired) electrons. The molecule has 0 saturated carbocycles. The molecular weight excluding hydrogens is 510 g/mol. The zero-order chi connectivity index (χ0) is 28.3. The van der Waals surface area contributed by atoms with Gasteiger partial charge in [-0.05, 0) is 42.5 Å². The molecule has 0 aliphatic carbocycles. The van der Waals surface area contributed by atoms with Crippen LogP contribution in [-0.4, -0.2) is 50.5 Å². The van der Waals surface area contributed by atoms with Gasteiger partial charge in [-0.25, -0.2) is 8.42 Å². The summed E-state index contributed by atoms with van der Waals surface area (Å²) >= 11 is 0. The smallest absolute Gasteiger partial charge is 0.243 e. The Hall–Kier alpha value is -3.65. The van der Waals surface area contributed by atoms with Crippen molar-refractivity contribution in [3.05, 3.63) is 102 Å². The third-order valence-corrected chi connectivity index (χ3v) is 7.73. The van der Waals surface area contributed by atoms with Crippen molar-refractivity contribution in [2.75, 3.05) is 23.7 Å². The summed E-state index contributed by atoms with van der Waals surface area (Å²) in [4.78, 5) is 28.8. The van der Waals surface area contributed by atoms with Gasteiger partial charge in [0.25, 0.3) is 0 Å². The van der Waals surface area contributed by atoms with Crippen LogP contribution in [0.15, 0.2) is 84.9 Å². The Balaban J connectivity index is 1.85. The molecule has 7 nitrogen and oxygen atoms in total. The summed E-state index contributed by atoms with van der Waals surface area (Å²) in [6, 6.07) is 25.9. The average molecular weight is 550 g/mol. The van der Waals surface area contributed by atoms with Gasteiger partial charge in [-0.3, -0.25) is 13.9 Å². The van der Waals surface area contributed by atoms with Crippen LogP contribution in [-0.2, 0) is 32.6 Å². The number of aryl methyl sites for hydroxylation is 1. The van der Waals surface area contributed by atoms with E-state index in [9.17, 15) is 18.0 Å². The second kappa shape index (κ2) is 14.5. The van der Waals surface area contributed by atoms with E-state index in [2.05, 4.69) is 5.32 Å². The fourth-order valence-corrected chi connectivity index (χ4v) is 5.55. The number of amides is 2. The minimum atomic E-state index is -3.54. The Morgan fingerprint density at radius 3 is 2.05 bits per heavy atom. The Morgan fingerprint density at radius 1 is 0.872 bits per heavy atom. The van der Waals surface area contributed by atoms with E-state index in [1.54, 1.807) is 17.0 Å². The molecule has 3 aromatic carbocycles. The zero-order valence-electron chi connectivity index (χ0n) is 23.0. The van der Waals surface area contributed by atoms with E-state index in [0.29, 0.717) is 25.1 Å². The monoisotopic (exact) mass is 549 g/mol. The number of carbonyl (C=O) groups excluding carboxylic acids is 2. The fraction of sp³-hybridized carbons (Fsp3) is 0.355. The maximum Gasteiger partial charge on any atom is 0.243 e. The number of anilines is 1. The molecule has 39 heavy (non-hydrogen) atoms. The van der Waals surface area contributed by atoms with Gasteiger partial charge in [0.05, 0.1) is 11.9 Å². The summed E-state index contributed by atoms with van der Waals surface area (Å²) in [5.74, 6) is -0.382. The third-order valence-electron chi connectivity index (χ3n) is 6.55. The summed E-state index contributed by atoms with van der Waals surface area (Å²) in [5.41, 5.74) is 3.33. The van der Waals surface area contributed by atoms with E-state index in [0.717, 1.165) is 23.1 Å². The molecule has 0 bridgehead atoms. The van der Waals surface area contributed by atoms with E-state index < -0.39 is 16.1 Å². The first kappa shape index (κ1) is 29.9. The molecule has 0 heterocycles. The molecule has 3 aromatic rings. The zero-order valence-corrected chi connectivity index (χ0v) is 23.9. The first-order chi connectivity index (χ1) is 18.7. The highest BCUT2D eigenvalue weighted by Gasteiger charge is 2.30. The minimum Gasteiger partial charge on any atom is -0.354 e. The highest BCUT2D eigenvalue weighted by molar-refractivity contribution is 7.92. The van der Waals surface area contributed by atoms with Gasteiger partial charge in [0.1, 0.15) is 6.04 Å². The second-order valence-corrected chi connectivity index (χ2v) is 11.6. The number of carbonyl (C=O) groups is 2. The molecule has 0 aliphatic rings. The largest absolute Gasteiger partial charge is 0.354 e. The SMILES string of the molecule is CCCNC(=O)C(Cc1ccccc1)N(Cc1ccccc1)C(=O)CCCN(c1ccccc1C)S(C)(=O)=O. The van der Waals surface area contributed by atoms with Gasteiger partial charge in [-0.2, -0.15) is 0 Å². The van der Waals surface area contributed by atoms with Crippen molar-refractivity contribution in [2.45, 2.75) is 52.1 Å². The first-order valence-corrected chi connectivity index (χ1v) is 15.2. The first-order valence-electron chi connectivity index (χ1n) is 13.4. The van der Waals surface area contributed by atoms with E-state index in [1.807, 2.05) is 86.6 Å². The number of rotatable bonds is 14. The minimum absolute atomic E-state index is 0.108. The molecule has 0 saturated heterocycles. The quantitative estimate of drug-likeness (QED) is 0.316. The van der Waals surface area contributed by atoms with Crippen LogP contribution in [0.2, 0.25) is 0 Å². The van der Waals surface area contributed by atoms with Gasteiger partial charge in [0.2, 0.25) is 21.8 Å². The van der Waals surface area contributed by atoms with Gasteiger partial charge < -0.3 is 10.2 Å². The molecule has 1 atom stereocenters. The van der Waals surface area contributed by atoms with Gasteiger partial charge in [0.15, 0.2) is 0 Å². The Bertz CT molecular complexity index is 1310. The number of nitrogens with zero attached hydrogens (tertiary/aromatic N) is 2. The third kappa shape index (κ3) is 8.96. The predicted molar refractivity (Wildman–Crippen MR) is 157 cm³/mol. The molecule has 8 heteroatoms. The molecule has 2 amide bonds. The standard InChI is InChI=1S/C31H39N3O4S/c1-4-21-32-31(36)29(23-26-15-7-5-8-16-26)33(24-27-17-9-6-10-18-27)30(35)20-13-22-34(39(3,37)38)28-19-12-11-14-25(28)2/h5-12,14-19,29H,4,13,20-24H2,1-3H3,(H,32,36). The van der Waals surface area contributed by atoms with Crippen LogP contribution < -0.4 is 9.62 Å².